The minimum absolute atomic E-state index is 0.240. The number of hydrogen-bond acceptors (Lipinski definition) is 3. The third-order valence-electron chi connectivity index (χ3n) is 3.84. The normalized spacial score (nSPS) is 10.4. The van der Waals surface area contributed by atoms with Crippen LogP contribution in [0.5, 0.6) is 17.2 Å². The van der Waals surface area contributed by atoms with E-state index < -0.39 is 46.6 Å². The fourth-order valence-corrected chi connectivity index (χ4v) is 2.11. The van der Waals surface area contributed by atoms with Crippen molar-refractivity contribution in [2.75, 3.05) is 21.3 Å². The molecule has 0 bridgehead atoms. The number of ether oxygens (including phenoxy) is 3. The van der Waals surface area contributed by atoms with Gasteiger partial charge in [-0.05, 0) is 48.5 Å². The lowest BCUT2D eigenvalue weighted by Gasteiger charge is -2.06. The number of halogens is 9. The van der Waals surface area contributed by atoms with Gasteiger partial charge in [0, 0.05) is 0 Å². The number of methoxy groups -OCH3 is 3. The molecule has 34 heavy (non-hydrogen) atoms. The van der Waals surface area contributed by atoms with Crippen LogP contribution >= 0.6 is 0 Å². The first-order valence-electron chi connectivity index (χ1n) is 8.93. The van der Waals surface area contributed by atoms with E-state index in [1.54, 1.807) is 19.2 Å². The third kappa shape index (κ3) is 7.78. The number of benzene rings is 3. The average Bonchev–Trinajstić information content (AvgIpc) is 2.83. The minimum Gasteiger partial charge on any atom is -0.497 e. The highest BCUT2D eigenvalue weighted by atomic mass is 19.4. The van der Waals surface area contributed by atoms with Crippen LogP contribution in [-0.4, -0.2) is 21.3 Å². The molecule has 186 valence electrons. The third-order valence-corrected chi connectivity index (χ3v) is 3.84. The number of hydrogen-bond donors (Lipinski definition) is 0. The zero-order valence-electron chi connectivity index (χ0n) is 17.7. The Morgan fingerprint density at radius 2 is 0.853 bits per heavy atom. The van der Waals surface area contributed by atoms with Gasteiger partial charge >= 0.3 is 6.18 Å². The number of alkyl halides is 3. The Balaban J connectivity index is 0.000000259. The van der Waals surface area contributed by atoms with E-state index in [2.05, 4.69) is 4.74 Å². The van der Waals surface area contributed by atoms with Crippen molar-refractivity contribution in [2.45, 2.75) is 6.18 Å². The monoisotopic (exact) mass is 500 g/mol. The molecule has 0 aromatic heterocycles. The Morgan fingerprint density at radius 1 is 0.500 bits per heavy atom. The first-order chi connectivity index (χ1) is 15.9. The van der Waals surface area contributed by atoms with E-state index in [1.165, 1.54) is 31.4 Å². The topological polar surface area (TPSA) is 27.7 Å². The van der Waals surface area contributed by atoms with Crippen LogP contribution in [0.15, 0.2) is 48.5 Å². The van der Waals surface area contributed by atoms with Gasteiger partial charge in [-0.2, -0.15) is 22.0 Å². The molecule has 0 saturated carbocycles. The summed E-state index contributed by atoms with van der Waals surface area (Å²) in [5.74, 6) is -10.6. The molecule has 0 atom stereocenters. The molecule has 0 aliphatic heterocycles. The van der Waals surface area contributed by atoms with Gasteiger partial charge < -0.3 is 14.2 Å². The number of rotatable bonds is 3. The van der Waals surface area contributed by atoms with Crippen LogP contribution in [0.4, 0.5) is 39.5 Å². The SMILES string of the molecule is COc1c(F)c(F)c(F)c(F)c1F.COc1ccc(C(F)(F)F)cc1.COc1ccc(F)cc1. The van der Waals surface area contributed by atoms with E-state index in [0.717, 1.165) is 19.2 Å². The zero-order chi connectivity index (χ0) is 26.1. The van der Waals surface area contributed by atoms with Gasteiger partial charge in [-0.25, -0.2) is 17.6 Å². The standard InChI is InChI=1S/C8H7F3O.C7H3F5O.C7H7FO/c1-12-7-4-2-6(3-5-7)8(9,10)11;1-13-7-5(11)3(9)2(8)4(10)6(7)12;1-9-7-4-2-6(8)3-5-7/h2-5H,1H3;1H3;2-5H,1H3. The van der Waals surface area contributed by atoms with Crippen molar-refractivity contribution in [2.24, 2.45) is 0 Å². The Morgan fingerprint density at radius 3 is 1.18 bits per heavy atom. The summed E-state index contributed by atoms with van der Waals surface area (Å²) in [6, 6.07) is 10.4. The Labute approximate surface area is 188 Å². The van der Waals surface area contributed by atoms with Gasteiger partial charge in [0.1, 0.15) is 17.3 Å². The van der Waals surface area contributed by atoms with Crippen molar-refractivity contribution in [3.05, 3.63) is 89.0 Å². The zero-order valence-corrected chi connectivity index (χ0v) is 17.7. The van der Waals surface area contributed by atoms with E-state index in [0.29, 0.717) is 11.5 Å². The van der Waals surface area contributed by atoms with E-state index in [4.69, 9.17) is 9.47 Å². The molecule has 0 saturated heterocycles. The van der Waals surface area contributed by atoms with Gasteiger partial charge in [-0.3, -0.25) is 0 Å². The van der Waals surface area contributed by atoms with Gasteiger partial charge in [-0.15, -0.1) is 0 Å². The summed E-state index contributed by atoms with van der Waals surface area (Å²) in [6.07, 6.45) is -4.27. The predicted molar refractivity (Wildman–Crippen MR) is 104 cm³/mol. The molecule has 12 heteroatoms. The molecule has 0 radical (unpaired) electrons. The van der Waals surface area contributed by atoms with Crippen molar-refractivity contribution in [1.29, 1.82) is 0 Å². The highest BCUT2D eigenvalue weighted by Gasteiger charge is 2.30. The molecule has 0 aliphatic rings. The van der Waals surface area contributed by atoms with Gasteiger partial charge in [0.05, 0.1) is 26.9 Å². The average molecular weight is 500 g/mol. The van der Waals surface area contributed by atoms with Crippen molar-refractivity contribution in [3.63, 3.8) is 0 Å². The molecular formula is C22H17F9O3. The summed E-state index contributed by atoms with van der Waals surface area (Å²) in [5.41, 5.74) is -0.664. The second-order valence-electron chi connectivity index (χ2n) is 5.99. The molecule has 3 aromatic carbocycles. The van der Waals surface area contributed by atoms with Crippen LogP contribution in [0.1, 0.15) is 5.56 Å². The molecule has 3 nitrogen and oxygen atoms in total. The van der Waals surface area contributed by atoms with Crippen LogP contribution < -0.4 is 14.2 Å². The highest BCUT2D eigenvalue weighted by molar-refractivity contribution is 5.30. The first kappa shape index (κ1) is 28.5. The van der Waals surface area contributed by atoms with Crippen LogP contribution in [0.25, 0.3) is 0 Å². The molecule has 0 fully saturated rings. The predicted octanol–water partition coefficient (Wildman–Crippen LogP) is 6.94. The molecule has 0 N–H and O–H groups in total. The molecule has 0 spiro atoms. The molecular weight excluding hydrogens is 483 g/mol. The lowest BCUT2D eigenvalue weighted by atomic mass is 10.2. The summed E-state index contributed by atoms with van der Waals surface area (Å²) in [4.78, 5) is 0. The smallest absolute Gasteiger partial charge is 0.416 e. The van der Waals surface area contributed by atoms with E-state index >= 15 is 0 Å². The van der Waals surface area contributed by atoms with Gasteiger partial charge in [0.2, 0.25) is 29.1 Å². The van der Waals surface area contributed by atoms with Gasteiger partial charge in [-0.1, -0.05) is 0 Å². The fourth-order valence-electron chi connectivity index (χ4n) is 2.11. The Kier molecular flexibility index (Phi) is 10.6. The molecule has 3 aromatic rings. The Hall–Kier alpha value is -3.57. The maximum absolute atomic E-state index is 12.6. The van der Waals surface area contributed by atoms with Gasteiger partial charge in [0.25, 0.3) is 0 Å². The fraction of sp³-hybridized carbons (Fsp3) is 0.182. The molecule has 3 rings (SSSR count). The van der Waals surface area contributed by atoms with Crippen molar-refractivity contribution in [3.8, 4) is 17.2 Å². The Bertz CT molecular complexity index is 1020. The summed E-state index contributed by atoms with van der Waals surface area (Å²) < 4.78 is 124. The van der Waals surface area contributed by atoms with Crippen LogP contribution in [-0.2, 0) is 6.18 Å². The molecule has 0 heterocycles. The van der Waals surface area contributed by atoms with Crippen molar-refractivity contribution >= 4 is 0 Å². The van der Waals surface area contributed by atoms with Crippen LogP contribution in [0.3, 0.4) is 0 Å². The second kappa shape index (κ2) is 12.6. The minimum atomic E-state index is -4.27. The lowest BCUT2D eigenvalue weighted by Crippen LogP contribution is -2.04. The maximum atomic E-state index is 12.6. The van der Waals surface area contributed by atoms with Crippen molar-refractivity contribution in [1.82, 2.24) is 0 Å². The lowest BCUT2D eigenvalue weighted by molar-refractivity contribution is -0.137. The van der Waals surface area contributed by atoms with Crippen LogP contribution in [0.2, 0.25) is 0 Å². The largest absolute Gasteiger partial charge is 0.497 e. The molecule has 0 unspecified atom stereocenters. The molecule has 0 amide bonds. The maximum Gasteiger partial charge on any atom is 0.416 e. The van der Waals surface area contributed by atoms with Crippen molar-refractivity contribution < 1.29 is 53.7 Å². The van der Waals surface area contributed by atoms with Crippen LogP contribution in [0, 0.1) is 34.9 Å². The molecule has 0 aliphatic carbocycles. The summed E-state index contributed by atoms with van der Waals surface area (Å²) >= 11 is 0. The van der Waals surface area contributed by atoms with E-state index in [-0.39, 0.29) is 5.82 Å². The summed E-state index contributed by atoms with van der Waals surface area (Å²) in [7, 11) is 3.76. The second-order valence-corrected chi connectivity index (χ2v) is 5.99. The van der Waals surface area contributed by atoms with E-state index in [1.807, 2.05) is 0 Å². The summed E-state index contributed by atoms with van der Waals surface area (Å²) in [6.45, 7) is 0. The quantitative estimate of drug-likeness (QED) is 0.222. The van der Waals surface area contributed by atoms with E-state index in [9.17, 15) is 39.5 Å². The first-order valence-corrected chi connectivity index (χ1v) is 8.93. The highest BCUT2D eigenvalue weighted by Crippen LogP contribution is 2.30. The summed E-state index contributed by atoms with van der Waals surface area (Å²) in [5, 5.41) is 0. The van der Waals surface area contributed by atoms with Gasteiger partial charge in [0.15, 0.2) is 5.75 Å².